The highest BCUT2D eigenvalue weighted by Gasteiger charge is 2.19. The van der Waals surface area contributed by atoms with Crippen molar-refractivity contribution in [3.8, 4) is 0 Å². The van der Waals surface area contributed by atoms with Gasteiger partial charge in [0.25, 0.3) is 5.69 Å². The third-order valence-corrected chi connectivity index (χ3v) is 3.43. The molecule has 0 saturated carbocycles. The standard InChI is InChI=1S/C17H24N5O/c1-12(18-13-8-7-9-14(10-13)22(6)23)19-16-11-15(17(2,3)4)20-21(16)5/h7-11,18-19H,1H2,2-6H3/q+1. The van der Waals surface area contributed by atoms with Gasteiger partial charge in [0.15, 0.2) is 7.05 Å². The maximum Gasteiger partial charge on any atom is 0.257 e. The summed E-state index contributed by atoms with van der Waals surface area (Å²) in [5, 5.41) is 10.9. The van der Waals surface area contributed by atoms with E-state index in [1.807, 2.05) is 25.2 Å². The first-order chi connectivity index (χ1) is 10.7. The Morgan fingerprint density at radius 1 is 1.26 bits per heavy atom. The minimum absolute atomic E-state index is 0.0144. The van der Waals surface area contributed by atoms with Crippen LogP contribution in [0.2, 0.25) is 0 Å². The summed E-state index contributed by atoms with van der Waals surface area (Å²) < 4.78 is 2.60. The number of nitrogens with zero attached hydrogens (tertiary/aromatic N) is 3. The summed E-state index contributed by atoms with van der Waals surface area (Å²) in [6.07, 6.45) is 0. The van der Waals surface area contributed by atoms with Crippen molar-refractivity contribution in [3.05, 3.63) is 53.3 Å². The topological polar surface area (TPSA) is 62.0 Å². The van der Waals surface area contributed by atoms with Gasteiger partial charge in [0.2, 0.25) is 0 Å². The number of nitrogens with one attached hydrogen (secondary N) is 2. The van der Waals surface area contributed by atoms with E-state index in [1.165, 1.54) is 7.05 Å². The lowest BCUT2D eigenvalue weighted by Gasteiger charge is -2.13. The number of hydrogen-bond acceptors (Lipinski definition) is 4. The molecule has 0 amide bonds. The maximum atomic E-state index is 11.4. The van der Waals surface area contributed by atoms with Crippen LogP contribution in [0, 0.1) is 4.91 Å². The lowest BCUT2D eigenvalue weighted by molar-refractivity contribution is -0.428. The van der Waals surface area contributed by atoms with Crippen LogP contribution >= 0.6 is 0 Å². The van der Waals surface area contributed by atoms with E-state index >= 15 is 0 Å². The second kappa shape index (κ2) is 6.24. The number of nitroso groups, excluding NO2 is 1. The first-order valence-corrected chi connectivity index (χ1v) is 7.45. The van der Waals surface area contributed by atoms with Crippen molar-refractivity contribution >= 4 is 17.2 Å². The zero-order valence-corrected chi connectivity index (χ0v) is 14.3. The normalized spacial score (nSPS) is 11.2. The number of hydrogen-bond donors (Lipinski definition) is 2. The Bertz CT molecular complexity index is 740. The summed E-state index contributed by atoms with van der Waals surface area (Å²) in [5.41, 5.74) is 2.36. The lowest BCUT2D eigenvalue weighted by atomic mass is 9.92. The molecule has 6 nitrogen and oxygen atoms in total. The molecular formula is C17H24N5O+. The summed E-state index contributed by atoms with van der Waals surface area (Å²) >= 11 is 0. The Morgan fingerprint density at radius 3 is 2.52 bits per heavy atom. The van der Waals surface area contributed by atoms with Gasteiger partial charge in [-0.25, -0.2) is 0 Å². The molecular weight excluding hydrogens is 290 g/mol. The van der Waals surface area contributed by atoms with Gasteiger partial charge in [-0.3, -0.25) is 4.68 Å². The third-order valence-electron chi connectivity index (χ3n) is 3.43. The molecule has 0 aliphatic carbocycles. The third kappa shape index (κ3) is 4.18. The summed E-state index contributed by atoms with van der Waals surface area (Å²) in [4.78, 5) is 11.4. The van der Waals surface area contributed by atoms with E-state index in [-0.39, 0.29) is 5.41 Å². The fourth-order valence-electron chi connectivity index (χ4n) is 2.09. The maximum absolute atomic E-state index is 11.4. The van der Waals surface area contributed by atoms with E-state index in [0.29, 0.717) is 11.5 Å². The number of rotatable bonds is 5. The van der Waals surface area contributed by atoms with Crippen LogP contribution in [0.15, 0.2) is 42.7 Å². The van der Waals surface area contributed by atoms with Gasteiger partial charge in [-0.2, -0.15) is 5.10 Å². The summed E-state index contributed by atoms with van der Waals surface area (Å²) in [7, 11) is 3.35. The molecule has 0 fully saturated rings. The van der Waals surface area contributed by atoms with Crippen LogP contribution in [0.4, 0.5) is 17.2 Å². The Morgan fingerprint density at radius 2 is 1.96 bits per heavy atom. The second-order valence-corrected chi connectivity index (χ2v) is 6.56. The Labute approximate surface area is 136 Å². The fraction of sp³-hybridized carbons (Fsp3) is 0.353. The van der Waals surface area contributed by atoms with Gasteiger partial charge in [-0.05, 0) is 6.07 Å². The van der Waals surface area contributed by atoms with Crippen molar-refractivity contribution in [3.63, 3.8) is 0 Å². The van der Waals surface area contributed by atoms with Gasteiger partial charge in [0.05, 0.1) is 5.69 Å². The monoisotopic (exact) mass is 314 g/mol. The van der Waals surface area contributed by atoms with Crippen molar-refractivity contribution in [1.82, 2.24) is 9.78 Å². The quantitative estimate of drug-likeness (QED) is 0.825. The average Bonchev–Trinajstić information content (AvgIpc) is 2.80. The molecule has 122 valence electrons. The van der Waals surface area contributed by atoms with Crippen molar-refractivity contribution in [2.75, 3.05) is 17.7 Å². The molecule has 0 radical (unpaired) electrons. The highest BCUT2D eigenvalue weighted by atomic mass is 16.3. The predicted octanol–water partition coefficient (Wildman–Crippen LogP) is 3.75. The molecule has 1 aromatic heterocycles. The fourth-order valence-corrected chi connectivity index (χ4v) is 2.09. The van der Waals surface area contributed by atoms with Crippen LogP contribution in [-0.4, -0.2) is 21.6 Å². The van der Waals surface area contributed by atoms with Gasteiger partial charge >= 0.3 is 0 Å². The van der Waals surface area contributed by atoms with E-state index in [0.717, 1.165) is 22.0 Å². The Balaban J connectivity index is 2.10. The molecule has 2 N–H and O–H groups in total. The van der Waals surface area contributed by atoms with Crippen LogP contribution in [0.5, 0.6) is 0 Å². The Hall–Kier alpha value is -2.63. The molecule has 2 rings (SSSR count). The van der Waals surface area contributed by atoms with Gasteiger partial charge in [-0.15, -0.1) is 0 Å². The molecule has 0 bridgehead atoms. The van der Waals surface area contributed by atoms with E-state index in [2.05, 4.69) is 43.1 Å². The highest BCUT2D eigenvalue weighted by molar-refractivity contribution is 5.57. The number of aryl methyl sites for hydroxylation is 1. The van der Waals surface area contributed by atoms with E-state index < -0.39 is 0 Å². The van der Waals surface area contributed by atoms with Crippen molar-refractivity contribution < 1.29 is 4.76 Å². The van der Waals surface area contributed by atoms with E-state index in [9.17, 15) is 4.91 Å². The van der Waals surface area contributed by atoms with Gasteiger partial charge in [-0.1, -0.05) is 33.4 Å². The molecule has 0 spiro atoms. The zero-order valence-electron chi connectivity index (χ0n) is 14.3. The van der Waals surface area contributed by atoms with Crippen LogP contribution in [0.3, 0.4) is 0 Å². The van der Waals surface area contributed by atoms with Gasteiger partial charge in [0, 0.05) is 46.0 Å². The largest absolute Gasteiger partial charge is 0.342 e. The van der Waals surface area contributed by atoms with E-state index in [4.69, 9.17) is 0 Å². The van der Waals surface area contributed by atoms with Crippen LogP contribution in [0.25, 0.3) is 0 Å². The van der Waals surface area contributed by atoms with Crippen LogP contribution < -0.4 is 10.6 Å². The second-order valence-electron chi connectivity index (χ2n) is 6.56. The first kappa shape index (κ1) is 16.7. The summed E-state index contributed by atoms with van der Waals surface area (Å²) in [6.45, 7) is 10.3. The van der Waals surface area contributed by atoms with Crippen molar-refractivity contribution in [2.24, 2.45) is 7.05 Å². The predicted molar refractivity (Wildman–Crippen MR) is 93.9 cm³/mol. The summed E-state index contributed by atoms with van der Waals surface area (Å²) in [5.74, 6) is 1.46. The molecule has 2 aromatic rings. The van der Waals surface area contributed by atoms with Gasteiger partial charge in [0.1, 0.15) is 11.6 Å². The van der Waals surface area contributed by atoms with Crippen molar-refractivity contribution in [1.29, 1.82) is 0 Å². The molecule has 0 aliphatic rings. The summed E-state index contributed by atoms with van der Waals surface area (Å²) in [6, 6.07) is 9.23. The molecule has 6 heteroatoms. The average molecular weight is 314 g/mol. The number of anilines is 2. The van der Waals surface area contributed by atoms with Gasteiger partial charge < -0.3 is 10.6 Å². The molecule has 0 atom stereocenters. The lowest BCUT2D eigenvalue weighted by Crippen LogP contribution is -2.12. The van der Waals surface area contributed by atoms with Crippen molar-refractivity contribution in [2.45, 2.75) is 26.2 Å². The minimum atomic E-state index is -0.0144. The molecule has 1 aromatic carbocycles. The zero-order chi connectivity index (χ0) is 17.2. The smallest absolute Gasteiger partial charge is 0.257 e. The molecule has 1 heterocycles. The van der Waals surface area contributed by atoms with Crippen LogP contribution in [0.1, 0.15) is 26.5 Å². The Kier molecular flexibility index (Phi) is 4.54. The van der Waals surface area contributed by atoms with E-state index in [1.54, 1.807) is 16.8 Å². The first-order valence-electron chi connectivity index (χ1n) is 7.45. The minimum Gasteiger partial charge on any atom is -0.342 e. The van der Waals surface area contributed by atoms with Crippen LogP contribution in [-0.2, 0) is 12.5 Å². The molecule has 0 aliphatic heterocycles. The highest BCUT2D eigenvalue weighted by Crippen LogP contribution is 2.24. The number of benzene rings is 1. The molecule has 0 saturated heterocycles. The molecule has 0 unspecified atom stereocenters. The number of aromatic nitrogens is 2. The molecule has 23 heavy (non-hydrogen) atoms. The SMILES string of the molecule is C=C(Nc1cccc([N+](C)=O)c1)Nc1cc(C(C)(C)C)nn1C.